The van der Waals surface area contributed by atoms with Gasteiger partial charge in [-0.25, -0.2) is 8.42 Å². The minimum atomic E-state index is -3.74. The molecule has 0 spiro atoms. The first kappa shape index (κ1) is 17.8. The standard InChI is InChI=1S/C19H16BrClN2O2S/c20-15-9-7-14(8-10-15)19-17-5-3-11-22(17)12-13-23(19)26(24,25)18-6-2-1-4-16(18)21/h1-11,19H,12-13H2. The highest BCUT2D eigenvalue weighted by Gasteiger charge is 2.38. The van der Waals surface area contributed by atoms with Crippen LogP contribution in [-0.2, 0) is 16.6 Å². The molecule has 0 fully saturated rings. The number of fused-ring (bicyclic) bond motifs is 1. The second-order valence-electron chi connectivity index (χ2n) is 6.13. The monoisotopic (exact) mass is 450 g/mol. The van der Waals surface area contributed by atoms with E-state index in [1.54, 1.807) is 28.6 Å². The Hall–Kier alpha value is -1.60. The van der Waals surface area contributed by atoms with Crippen LogP contribution in [0.4, 0.5) is 0 Å². The SMILES string of the molecule is O=S(=O)(c1ccccc1Cl)N1CCn2cccc2C1c1ccc(Br)cc1. The summed E-state index contributed by atoms with van der Waals surface area (Å²) in [5, 5.41) is 0.239. The van der Waals surface area contributed by atoms with E-state index < -0.39 is 16.1 Å². The molecule has 4 rings (SSSR count). The highest BCUT2D eigenvalue weighted by Crippen LogP contribution is 2.38. The average Bonchev–Trinajstić information content (AvgIpc) is 3.10. The molecule has 0 aliphatic carbocycles. The Morgan fingerprint density at radius 2 is 1.69 bits per heavy atom. The zero-order chi connectivity index (χ0) is 18.3. The smallest absolute Gasteiger partial charge is 0.245 e. The van der Waals surface area contributed by atoms with E-state index in [4.69, 9.17) is 11.6 Å². The lowest BCUT2D eigenvalue weighted by Crippen LogP contribution is -2.42. The molecule has 1 unspecified atom stereocenters. The van der Waals surface area contributed by atoms with E-state index >= 15 is 0 Å². The van der Waals surface area contributed by atoms with Crippen molar-refractivity contribution in [2.45, 2.75) is 17.5 Å². The molecule has 0 saturated carbocycles. The van der Waals surface area contributed by atoms with Crippen molar-refractivity contribution >= 4 is 37.6 Å². The van der Waals surface area contributed by atoms with Gasteiger partial charge in [0.25, 0.3) is 0 Å². The van der Waals surface area contributed by atoms with Crippen LogP contribution in [0, 0.1) is 0 Å². The molecule has 0 amide bonds. The number of aromatic nitrogens is 1. The Labute approximate surface area is 166 Å². The van der Waals surface area contributed by atoms with Crippen molar-refractivity contribution in [1.29, 1.82) is 0 Å². The fourth-order valence-electron chi connectivity index (χ4n) is 3.38. The fraction of sp³-hybridized carbons (Fsp3) is 0.158. The Bertz CT molecular complexity index is 1050. The second kappa shape index (κ2) is 6.85. The third-order valence-electron chi connectivity index (χ3n) is 4.60. The van der Waals surface area contributed by atoms with Gasteiger partial charge < -0.3 is 4.57 Å². The van der Waals surface area contributed by atoms with Gasteiger partial charge in [0.05, 0.1) is 11.1 Å². The van der Waals surface area contributed by atoms with E-state index in [-0.39, 0.29) is 9.92 Å². The maximum Gasteiger partial charge on any atom is 0.245 e. The Morgan fingerprint density at radius 1 is 0.962 bits per heavy atom. The third-order valence-corrected chi connectivity index (χ3v) is 7.50. The molecular weight excluding hydrogens is 436 g/mol. The highest BCUT2D eigenvalue weighted by molar-refractivity contribution is 9.10. The topological polar surface area (TPSA) is 42.3 Å². The lowest BCUT2D eigenvalue weighted by Gasteiger charge is -2.36. The molecule has 1 aliphatic heterocycles. The van der Waals surface area contributed by atoms with Crippen molar-refractivity contribution < 1.29 is 8.42 Å². The van der Waals surface area contributed by atoms with Crippen molar-refractivity contribution in [1.82, 2.24) is 8.87 Å². The minimum absolute atomic E-state index is 0.142. The summed E-state index contributed by atoms with van der Waals surface area (Å²) in [5.74, 6) is 0. The van der Waals surface area contributed by atoms with Crippen molar-refractivity contribution in [2.75, 3.05) is 6.54 Å². The van der Waals surface area contributed by atoms with E-state index in [2.05, 4.69) is 20.5 Å². The van der Waals surface area contributed by atoms with E-state index in [1.165, 1.54) is 0 Å². The second-order valence-corrected chi connectivity index (χ2v) is 9.31. The normalized spacial score (nSPS) is 17.8. The van der Waals surface area contributed by atoms with Gasteiger partial charge in [-0.15, -0.1) is 0 Å². The van der Waals surface area contributed by atoms with Gasteiger partial charge in [-0.2, -0.15) is 4.31 Å². The molecule has 3 aromatic rings. The number of nitrogens with zero attached hydrogens (tertiary/aromatic N) is 2. The summed E-state index contributed by atoms with van der Waals surface area (Å²) in [5.41, 5.74) is 1.87. The van der Waals surface area contributed by atoms with Crippen LogP contribution in [0.5, 0.6) is 0 Å². The van der Waals surface area contributed by atoms with Gasteiger partial charge in [-0.3, -0.25) is 0 Å². The summed E-state index contributed by atoms with van der Waals surface area (Å²) < 4.78 is 31.4. The van der Waals surface area contributed by atoms with Crippen LogP contribution in [0.2, 0.25) is 5.02 Å². The molecular formula is C19H16BrClN2O2S. The van der Waals surface area contributed by atoms with Crippen LogP contribution in [-0.4, -0.2) is 23.8 Å². The number of benzene rings is 2. The fourth-order valence-corrected chi connectivity index (χ4v) is 5.72. The Morgan fingerprint density at radius 3 is 2.42 bits per heavy atom. The lowest BCUT2D eigenvalue weighted by atomic mass is 10.0. The maximum atomic E-state index is 13.4. The van der Waals surface area contributed by atoms with Gasteiger partial charge in [-0.1, -0.05) is 51.8 Å². The molecule has 0 radical (unpaired) electrons. The van der Waals surface area contributed by atoms with Crippen LogP contribution in [0.3, 0.4) is 0 Å². The summed E-state index contributed by atoms with van der Waals surface area (Å²) in [7, 11) is -3.74. The Balaban J connectivity index is 1.87. The predicted octanol–water partition coefficient (Wildman–Crippen LogP) is 4.70. The van der Waals surface area contributed by atoms with Crippen LogP contribution in [0.25, 0.3) is 0 Å². The molecule has 0 saturated heterocycles. The van der Waals surface area contributed by atoms with Gasteiger partial charge in [-0.05, 0) is 42.0 Å². The number of hydrogen-bond donors (Lipinski definition) is 0. The van der Waals surface area contributed by atoms with Crippen molar-refractivity contribution in [3.8, 4) is 0 Å². The summed E-state index contributed by atoms with van der Waals surface area (Å²) in [6.07, 6.45) is 1.99. The van der Waals surface area contributed by atoms with Gasteiger partial charge in [0.2, 0.25) is 10.0 Å². The molecule has 4 nitrogen and oxygen atoms in total. The molecule has 0 N–H and O–H groups in total. The zero-order valence-corrected chi connectivity index (χ0v) is 16.9. The first-order valence-corrected chi connectivity index (χ1v) is 10.8. The predicted molar refractivity (Wildman–Crippen MR) is 106 cm³/mol. The van der Waals surface area contributed by atoms with Gasteiger partial charge >= 0.3 is 0 Å². The van der Waals surface area contributed by atoms with E-state index in [0.29, 0.717) is 13.1 Å². The van der Waals surface area contributed by atoms with Crippen LogP contribution in [0.1, 0.15) is 17.3 Å². The number of sulfonamides is 1. The largest absolute Gasteiger partial charge is 0.348 e. The van der Waals surface area contributed by atoms with E-state index in [1.807, 2.05) is 42.6 Å². The number of hydrogen-bond acceptors (Lipinski definition) is 2. The summed E-state index contributed by atoms with van der Waals surface area (Å²) >= 11 is 9.64. The van der Waals surface area contributed by atoms with Crippen LogP contribution >= 0.6 is 27.5 Å². The quantitative estimate of drug-likeness (QED) is 0.579. The van der Waals surface area contributed by atoms with E-state index in [0.717, 1.165) is 15.7 Å². The van der Waals surface area contributed by atoms with Crippen molar-refractivity contribution in [3.63, 3.8) is 0 Å². The maximum absolute atomic E-state index is 13.4. The molecule has 2 heterocycles. The minimum Gasteiger partial charge on any atom is -0.348 e. The van der Waals surface area contributed by atoms with Gasteiger partial charge in [0.15, 0.2) is 0 Å². The number of rotatable bonds is 3. The van der Waals surface area contributed by atoms with Crippen LogP contribution < -0.4 is 0 Å². The van der Waals surface area contributed by atoms with Crippen LogP contribution in [0.15, 0.2) is 76.2 Å². The third kappa shape index (κ3) is 3.01. The molecule has 1 aliphatic rings. The molecule has 2 aromatic carbocycles. The van der Waals surface area contributed by atoms with Gasteiger partial charge in [0, 0.05) is 29.5 Å². The summed E-state index contributed by atoms with van der Waals surface area (Å²) in [6, 6.07) is 17.9. The molecule has 0 bridgehead atoms. The lowest BCUT2D eigenvalue weighted by molar-refractivity contribution is 0.298. The molecule has 7 heteroatoms. The number of halogens is 2. The van der Waals surface area contributed by atoms with Crippen molar-refractivity contribution in [2.24, 2.45) is 0 Å². The van der Waals surface area contributed by atoms with E-state index in [9.17, 15) is 8.42 Å². The van der Waals surface area contributed by atoms with Crippen molar-refractivity contribution in [3.05, 3.63) is 87.6 Å². The van der Waals surface area contributed by atoms with Gasteiger partial charge in [0.1, 0.15) is 4.90 Å². The first-order chi connectivity index (χ1) is 12.5. The molecule has 1 aromatic heterocycles. The summed E-state index contributed by atoms with van der Waals surface area (Å²) in [4.78, 5) is 0.142. The molecule has 1 atom stereocenters. The first-order valence-electron chi connectivity index (χ1n) is 8.15. The Kier molecular flexibility index (Phi) is 4.69. The highest BCUT2D eigenvalue weighted by atomic mass is 79.9. The molecule has 134 valence electrons. The molecule has 26 heavy (non-hydrogen) atoms. The average molecular weight is 452 g/mol. The zero-order valence-electron chi connectivity index (χ0n) is 13.7. The summed E-state index contributed by atoms with van der Waals surface area (Å²) in [6.45, 7) is 0.995.